The van der Waals surface area contributed by atoms with Crippen molar-refractivity contribution in [3.8, 4) is 0 Å². The van der Waals surface area contributed by atoms with Crippen LogP contribution in [0.25, 0.3) is 0 Å². The molecule has 0 unspecified atom stereocenters. The first-order valence-corrected chi connectivity index (χ1v) is 7.54. The van der Waals surface area contributed by atoms with E-state index in [1.165, 1.54) is 37.1 Å². The van der Waals surface area contributed by atoms with E-state index >= 15 is 0 Å². The van der Waals surface area contributed by atoms with Gasteiger partial charge in [0.25, 0.3) is 0 Å². The summed E-state index contributed by atoms with van der Waals surface area (Å²) in [7, 11) is 0. The van der Waals surface area contributed by atoms with Gasteiger partial charge in [0.1, 0.15) is 10.0 Å². The van der Waals surface area contributed by atoms with Gasteiger partial charge in [-0.3, -0.25) is 0 Å². The lowest BCUT2D eigenvalue weighted by molar-refractivity contribution is 0.419. The molecule has 0 saturated heterocycles. The maximum atomic E-state index is 4.45. The van der Waals surface area contributed by atoms with Crippen molar-refractivity contribution in [1.82, 2.24) is 15.5 Å². The molecule has 0 aliphatic heterocycles. The molecular weight excluding hydrogens is 230 g/mol. The van der Waals surface area contributed by atoms with Gasteiger partial charge < -0.3 is 5.32 Å². The van der Waals surface area contributed by atoms with Crippen LogP contribution in [0.1, 0.15) is 62.9 Å². The molecule has 0 bridgehead atoms. The van der Waals surface area contributed by atoms with E-state index < -0.39 is 0 Å². The van der Waals surface area contributed by atoms with Gasteiger partial charge in [-0.15, -0.1) is 10.2 Å². The minimum absolute atomic E-state index is 0.355. The van der Waals surface area contributed by atoms with Crippen LogP contribution in [0.4, 0.5) is 0 Å². The van der Waals surface area contributed by atoms with Gasteiger partial charge in [-0.05, 0) is 19.3 Å². The highest BCUT2D eigenvalue weighted by atomic mass is 32.1. The Bertz CT molecular complexity index is 353. The Morgan fingerprint density at radius 1 is 1.29 bits per heavy atom. The first kappa shape index (κ1) is 13.0. The highest BCUT2D eigenvalue weighted by Crippen LogP contribution is 2.44. The van der Waals surface area contributed by atoms with Crippen molar-refractivity contribution in [3.63, 3.8) is 0 Å². The second-order valence-electron chi connectivity index (χ2n) is 5.38. The summed E-state index contributed by atoms with van der Waals surface area (Å²) in [4.78, 5) is 0. The van der Waals surface area contributed by atoms with Crippen LogP contribution in [0.5, 0.6) is 0 Å². The van der Waals surface area contributed by atoms with E-state index in [1.807, 2.05) is 11.3 Å². The number of nitrogens with zero attached hydrogens (tertiary/aromatic N) is 2. The van der Waals surface area contributed by atoms with Gasteiger partial charge >= 0.3 is 0 Å². The molecule has 1 fully saturated rings. The van der Waals surface area contributed by atoms with Gasteiger partial charge in [-0.1, -0.05) is 44.9 Å². The normalized spacial score (nSPS) is 19.1. The summed E-state index contributed by atoms with van der Waals surface area (Å²) in [6, 6.07) is 0.508. The van der Waals surface area contributed by atoms with Gasteiger partial charge in [0, 0.05) is 18.0 Å². The quantitative estimate of drug-likeness (QED) is 0.875. The van der Waals surface area contributed by atoms with Crippen LogP contribution in [0.3, 0.4) is 0 Å². The lowest BCUT2D eigenvalue weighted by Gasteiger charge is -2.23. The predicted molar refractivity (Wildman–Crippen MR) is 72.3 cm³/mol. The van der Waals surface area contributed by atoms with Crippen molar-refractivity contribution in [1.29, 1.82) is 0 Å². The Kier molecular flexibility index (Phi) is 4.15. The summed E-state index contributed by atoms with van der Waals surface area (Å²) >= 11 is 1.81. The molecule has 3 nitrogen and oxygen atoms in total. The fraction of sp³-hybridized carbons (Fsp3) is 0.846. The molecule has 1 aliphatic rings. The lowest BCUT2D eigenvalue weighted by Crippen LogP contribution is -2.21. The molecule has 2 rings (SSSR count). The largest absolute Gasteiger partial charge is 0.308 e. The average Bonchev–Trinajstić information content (AvgIpc) is 2.96. The SMILES string of the molecule is CCC1(c2nnc(CNC(C)C)s2)CCCC1. The number of nitrogens with one attached hydrogen (secondary N) is 1. The first-order valence-electron chi connectivity index (χ1n) is 6.72. The number of hydrogen-bond acceptors (Lipinski definition) is 4. The number of rotatable bonds is 5. The minimum Gasteiger partial charge on any atom is -0.308 e. The van der Waals surface area contributed by atoms with Crippen LogP contribution in [-0.2, 0) is 12.0 Å². The zero-order valence-electron chi connectivity index (χ0n) is 11.1. The van der Waals surface area contributed by atoms with Crippen molar-refractivity contribution in [2.24, 2.45) is 0 Å². The average molecular weight is 253 g/mol. The molecule has 0 spiro atoms. The number of aromatic nitrogens is 2. The van der Waals surface area contributed by atoms with Gasteiger partial charge in [0.2, 0.25) is 0 Å². The molecule has 17 heavy (non-hydrogen) atoms. The van der Waals surface area contributed by atoms with Gasteiger partial charge in [-0.2, -0.15) is 0 Å². The highest BCUT2D eigenvalue weighted by Gasteiger charge is 2.37. The van der Waals surface area contributed by atoms with Crippen molar-refractivity contribution in [3.05, 3.63) is 10.0 Å². The minimum atomic E-state index is 0.355. The topological polar surface area (TPSA) is 37.8 Å². The van der Waals surface area contributed by atoms with E-state index in [9.17, 15) is 0 Å². The molecule has 0 amide bonds. The number of hydrogen-bond donors (Lipinski definition) is 1. The van der Waals surface area contributed by atoms with E-state index in [1.54, 1.807) is 0 Å². The van der Waals surface area contributed by atoms with Crippen molar-refractivity contribution < 1.29 is 0 Å². The molecule has 96 valence electrons. The van der Waals surface area contributed by atoms with Crippen molar-refractivity contribution in [2.75, 3.05) is 0 Å². The molecule has 1 saturated carbocycles. The molecule has 4 heteroatoms. The summed E-state index contributed by atoms with van der Waals surface area (Å²) in [6.07, 6.45) is 6.52. The third-order valence-corrected chi connectivity index (χ3v) is 4.99. The van der Waals surface area contributed by atoms with Crippen LogP contribution in [0.15, 0.2) is 0 Å². The van der Waals surface area contributed by atoms with E-state index in [0.29, 0.717) is 11.5 Å². The van der Waals surface area contributed by atoms with E-state index in [-0.39, 0.29) is 0 Å². The smallest absolute Gasteiger partial charge is 0.131 e. The Labute approximate surface area is 108 Å². The van der Waals surface area contributed by atoms with Crippen molar-refractivity contribution in [2.45, 2.75) is 70.9 Å². The molecule has 1 aliphatic carbocycles. The molecular formula is C13H23N3S. The second-order valence-corrected chi connectivity index (χ2v) is 6.44. The van der Waals surface area contributed by atoms with Gasteiger partial charge in [0.15, 0.2) is 0 Å². The zero-order valence-corrected chi connectivity index (χ0v) is 11.9. The van der Waals surface area contributed by atoms with E-state index in [4.69, 9.17) is 0 Å². The summed E-state index contributed by atoms with van der Waals surface area (Å²) in [5.41, 5.74) is 0.355. The molecule has 1 heterocycles. The summed E-state index contributed by atoms with van der Waals surface area (Å²) < 4.78 is 0. The maximum absolute atomic E-state index is 4.45. The van der Waals surface area contributed by atoms with Crippen LogP contribution in [-0.4, -0.2) is 16.2 Å². The Morgan fingerprint density at radius 2 is 2.00 bits per heavy atom. The van der Waals surface area contributed by atoms with E-state index in [0.717, 1.165) is 11.6 Å². The third kappa shape index (κ3) is 2.86. The monoisotopic (exact) mass is 253 g/mol. The molecule has 1 aromatic heterocycles. The predicted octanol–water partition coefficient (Wildman–Crippen LogP) is 3.26. The molecule has 0 aromatic carbocycles. The zero-order chi connectivity index (χ0) is 12.3. The fourth-order valence-electron chi connectivity index (χ4n) is 2.60. The van der Waals surface area contributed by atoms with Crippen LogP contribution < -0.4 is 5.32 Å². The van der Waals surface area contributed by atoms with Crippen LogP contribution >= 0.6 is 11.3 Å². The molecule has 0 radical (unpaired) electrons. The Hall–Kier alpha value is -0.480. The fourth-order valence-corrected chi connectivity index (χ4v) is 3.71. The summed E-state index contributed by atoms with van der Waals surface area (Å²) in [5.74, 6) is 0. The van der Waals surface area contributed by atoms with Gasteiger partial charge in [-0.25, -0.2) is 0 Å². The van der Waals surface area contributed by atoms with E-state index in [2.05, 4.69) is 36.3 Å². The van der Waals surface area contributed by atoms with Gasteiger partial charge in [0.05, 0.1) is 0 Å². The standard InChI is InChI=1S/C13H23N3S/c1-4-13(7-5-6-8-13)12-16-15-11(17-12)9-14-10(2)3/h10,14H,4-9H2,1-3H3. The Morgan fingerprint density at radius 3 is 2.59 bits per heavy atom. The maximum Gasteiger partial charge on any atom is 0.131 e. The lowest BCUT2D eigenvalue weighted by atomic mass is 9.84. The molecule has 0 atom stereocenters. The summed E-state index contributed by atoms with van der Waals surface area (Å²) in [6.45, 7) is 7.47. The highest BCUT2D eigenvalue weighted by molar-refractivity contribution is 7.11. The molecule has 1 N–H and O–H groups in total. The summed E-state index contributed by atoms with van der Waals surface area (Å²) in [5, 5.41) is 14.6. The Balaban J connectivity index is 2.06. The first-order chi connectivity index (χ1) is 8.16. The molecule has 1 aromatic rings. The van der Waals surface area contributed by atoms with Crippen LogP contribution in [0, 0.1) is 0 Å². The van der Waals surface area contributed by atoms with Crippen molar-refractivity contribution >= 4 is 11.3 Å². The second kappa shape index (κ2) is 5.44. The third-order valence-electron chi connectivity index (χ3n) is 3.82. The van der Waals surface area contributed by atoms with Crippen LogP contribution in [0.2, 0.25) is 0 Å².